The van der Waals surface area contributed by atoms with E-state index in [0.29, 0.717) is 12.3 Å². The van der Waals surface area contributed by atoms with E-state index in [9.17, 15) is 9.90 Å². The number of nitrogens with one attached hydrogen (secondary N) is 1. The molecular formula is C22H24N2O2. The zero-order valence-electron chi connectivity index (χ0n) is 15.2. The van der Waals surface area contributed by atoms with Gasteiger partial charge in [0.1, 0.15) is 5.75 Å². The van der Waals surface area contributed by atoms with Crippen LogP contribution in [0.2, 0.25) is 0 Å². The third-order valence-corrected chi connectivity index (χ3v) is 5.71. The average Bonchev–Trinajstić information content (AvgIpc) is 3.34. The molecule has 26 heavy (non-hydrogen) atoms. The molecule has 0 fully saturated rings. The van der Waals surface area contributed by atoms with Gasteiger partial charge in [-0.05, 0) is 49.2 Å². The summed E-state index contributed by atoms with van der Waals surface area (Å²) in [6, 6.07) is 16.0. The summed E-state index contributed by atoms with van der Waals surface area (Å²) >= 11 is 0. The van der Waals surface area contributed by atoms with E-state index < -0.39 is 0 Å². The van der Waals surface area contributed by atoms with Gasteiger partial charge in [-0.1, -0.05) is 42.5 Å². The molecule has 2 aliphatic rings. The van der Waals surface area contributed by atoms with E-state index in [4.69, 9.17) is 0 Å². The van der Waals surface area contributed by atoms with Gasteiger partial charge < -0.3 is 10.4 Å². The fourth-order valence-electron chi connectivity index (χ4n) is 3.88. The van der Waals surface area contributed by atoms with E-state index in [0.717, 1.165) is 29.7 Å². The monoisotopic (exact) mass is 348 g/mol. The van der Waals surface area contributed by atoms with Crippen molar-refractivity contribution in [1.82, 2.24) is 10.2 Å². The molecule has 0 saturated carbocycles. The van der Waals surface area contributed by atoms with Crippen LogP contribution in [-0.2, 0) is 23.2 Å². The number of aromatic hydroxyl groups is 1. The second-order valence-electron chi connectivity index (χ2n) is 7.56. The predicted molar refractivity (Wildman–Crippen MR) is 102 cm³/mol. The van der Waals surface area contributed by atoms with E-state index in [1.54, 1.807) is 6.07 Å². The Kier molecular flexibility index (Phi) is 4.08. The Labute approximate surface area is 154 Å². The number of fused-ring (bicyclic) bond motifs is 1. The Hall–Kier alpha value is -2.59. The van der Waals surface area contributed by atoms with E-state index in [1.165, 1.54) is 5.56 Å². The molecule has 0 radical (unpaired) electrons. The standard InChI is InChI=1S/C22H24N2O2/c1-22(17-6-4-3-5-7-17)12-20(22)21(26)23-13-18-10-15-8-9-19(25)11-16(15)14-24(18)2/h3-9,11-12,18,25H,10,13-14H2,1-2H3,(H,23,26)/t18-,22-/m0/s1. The fourth-order valence-corrected chi connectivity index (χ4v) is 3.88. The molecule has 0 aromatic heterocycles. The van der Waals surface area contributed by atoms with Crippen LogP contribution in [0.25, 0.3) is 0 Å². The molecule has 2 aromatic carbocycles. The van der Waals surface area contributed by atoms with Gasteiger partial charge in [0.25, 0.3) is 0 Å². The minimum absolute atomic E-state index is 0.0289. The highest BCUT2D eigenvalue weighted by molar-refractivity contribution is 6.02. The number of carbonyl (C=O) groups is 1. The molecule has 4 nitrogen and oxygen atoms in total. The van der Waals surface area contributed by atoms with E-state index in [1.807, 2.05) is 36.4 Å². The van der Waals surface area contributed by atoms with E-state index in [2.05, 4.69) is 36.3 Å². The lowest BCUT2D eigenvalue weighted by Gasteiger charge is -2.34. The Balaban J connectivity index is 1.37. The third-order valence-electron chi connectivity index (χ3n) is 5.71. The number of allylic oxidation sites excluding steroid dienone is 1. The molecule has 2 N–H and O–H groups in total. The molecule has 134 valence electrons. The number of amides is 1. The summed E-state index contributed by atoms with van der Waals surface area (Å²) in [7, 11) is 2.06. The van der Waals surface area contributed by atoms with Crippen molar-refractivity contribution in [2.24, 2.45) is 0 Å². The number of hydrogen-bond donors (Lipinski definition) is 2. The lowest BCUT2D eigenvalue weighted by atomic mass is 9.92. The minimum atomic E-state index is -0.228. The first-order valence-corrected chi connectivity index (χ1v) is 9.05. The lowest BCUT2D eigenvalue weighted by Crippen LogP contribution is -2.45. The first-order valence-electron chi connectivity index (χ1n) is 9.05. The Morgan fingerprint density at radius 1 is 1.23 bits per heavy atom. The van der Waals surface area contributed by atoms with Crippen LogP contribution in [0.4, 0.5) is 0 Å². The fraction of sp³-hybridized carbons (Fsp3) is 0.318. The zero-order valence-corrected chi connectivity index (χ0v) is 15.2. The molecule has 1 amide bonds. The minimum Gasteiger partial charge on any atom is -0.508 e. The van der Waals surface area contributed by atoms with Crippen LogP contribution in [0.15, 0.2) is 60.2 Å². The third kappa shape index (κ3) is 3.01. The number of benzene rings is 2. The number of hydrogen-bond acceptors (Lipinski definition) is 3. The van der Waals surface area contributed by atoms with Gasteiger partial charge in [0, 0.05) is 30.1 Å². The van der Waals surface area contributed by atoms with Crippen LogP contribution in [0.5, 0.6) is 5.75 Å². The summed E-state index contributed by atoms with van der Waals surface area (Å²) < 4.78 is 0. The van der Waals surface area contributed by atoms with Gasteiger partial charge >= 0.3 is 0 Å². The highest BCUT2D eigenvalue weighted by atomic mass is 16.3. The zero-order chi connectivity index (χ0) is 18.3. The maximum absolute atomic E-state index is 12.6. The summed E-state index contributed by atoms with van der Waals surface area (Å²) in [5, 5.41) is 12.8. The van der Waals surface area contributed by atoms with Crippen molar-refractivity contribution >= 4 is 5.91 Å². The van der Waals surface area contributed by atoms with Gasteiger partial charge in [-0.3, -0.25) is 9.69 Å². The summed E-state index contributed by atoms with van der Waals surface area (Å²) in [4.78, 5) is 14.8. The van der Waals surface area contributed by atoms with Crippen molar-refractivity contribution in [3.63, 3.8) is 0 Å². The van der Waals surface area contributed by atoms with Crippen LogP contribution < -0.4 is 5.32 Å². The number of phenolic OH excluding ortho intramolecular Hbond substituents is 1. The maximum Gasteiger partial charge on any atom is 0.248 e. The van der Waals surface area contributed by atoms with Crippen molar-refractivity contribution in [3.8, 4) is 5.75 Å². The molecule has 4 rings (SSSR count). The van der Waals surface area contributed by atoms with Crippen LogP contribution in [0.3, 0.4) is 0 Å². The molecule has 1 aliphatic carbocycles. The Morgan fingerprint density at radius 2 is 2.00 bits per heavy atom. The van der Waals surface area contributed by atoms with Crippen molar-refractivity contribution in [2.45, 2.75) is 31.3 Å². The molecule has 2 atom stereocenters. The van der Waals surface area contributed by atoms with E-state index in [-0.39, 0.29) is 17.4 Å². The molecule has 0 bridgehead atoms. The van der Waals surface area contributed by atoms with Crippen LogP contribution >= 0.6 is 0 Å². The van der Waals surface area contributed by atoms with Crippen molar-refractivity contribution in [2.75, 3.05) is 13.6 Å². The molecular weight excluding hydrogens is 324 g/mol. The second kappa shape index (κ2) is 6.29. The maximum atomic E-state index is 12.6. The number of nitrogens with zero attached hydrogens (tertiary/aromatic N) is 1. The average molecular weight is 348 g/mol. The quantitative estimate of drug-likeness (QED) is 0.893. The highest BCUT2D eigenvalue weighted by Gasteiger charge is 2.45. The predicted octanol–water partition coefficient (Wildman–Crippen LogP) is 2.76. The van der Waals surface area contributed by atoms with Crippen LogP contribution in [-0.4, -0.2) is 35.5 Å². The highest BCUT2D eigenvalue weighted by Crippen LogP contribution is 2.46. The topological polar surface area (TPSA) is 52.6 Å². The van der Waals surface area contributed by atoms with Gasteiger partial charge in [0.2, 0.25) is 5.91 Å². The number of likely N-dealkylation sites (N-methyl/N-ethyl adjacent to an activating group) is 1. The van der Waals surface area contributed by atoms with Crippen molar-refractivity contribution < 1.29 is 9.90 Å². The van der Waals surface area contributed by atoms with E-state index >= 15 is 0 Å². The Bertz CT molecular complexity index is 875. The smallest absolute Gasteiger partial charge is 0.248 e. The molecule has 1 aliphatic heterocycles. The largest absolute Gasteiger partial charge is 0.508 e. The number of phenols is 1. The first kappa shape index (κ1) is 16.9. The Morgan fingerprint density at radius 3 is 2.77 bits per heavy atom. The first-order chi connectivity index (χ1) is 12.5. The lowest BCUT2D eigenvalue weighted by molar-refractivity contribution is -0.117. The summed E-state index contributed by atoms with van der Waals surface area (Å²) in [5.74, 6) is 0.339. The normalized spacial score (nSPS) is 24.5. The molecule has 0 spiro atoms. The van der Waals surface area contributed by atoms with Gasteiger partial charge in [0.05, 0.1) is 0 Å². The molecule has 1 heterocycles. The van der Waals surface area contributed by atoms with Crippen LogP contribution in [0.1, 0.15) is 23.6 Å². The van der Waals surface area contributed by atoms with Gasteiger partial charge in [-0.25, -0.2) is 0 Å². The van der Waals surface area contributed by atoms with Crippen LogP contribution in [0, 0.1) is 0 Å². The van der Waals surface area contributed by atoms with Gasteiger partial charge in [-0.2, -0.15) is 0 Å². The summed E-state index contributed by atoms with van der Waals surface area (Å²) in [6.07, 6.45) is 2.92. The number of rotatable bonds is 4. The molecule has 0 unspecified atom stereocenters. The molecule has 2 aromatic rings. The molecule has 0 saturated heterocycles. The second-order valence-corrected chi connectivity index (χ2v) is 7.56. The summed E-state index contributed by atoms with van der Waals surface area (Å²) in [6.45, 7) is 3.50. The SMILES string of the molecule is CN1Cc2cc(O)ccc2C[C@H]1CNC(=O)C1=C[C@@]1(C)c1ccccc1. The summed E-state index contributed by atoms with van der Waals surface area (Å²) in [5.41, 5.74) is 4.20. The molecule has 4 heteroatoms. The van der Waals surface area contributed by atoms with Crippen molar-refractivity contribution in [1.29, 1.82) is 0 Å². The van der Waals surface area contributed by atoms with Gasteiger partial charge in [-0.15, -0.1) is 0 Å². The van der Waals surface area contributed by atoms with Gasteiger partial charge in [0.15, 0.2) is 0 Å². The number of carbonyl (C=O) groups excluding carboxylic acids is 1. The van der Waals surface area contributed by atoms with Crippen molar-refractivity contribution in [3.05, 3.63) is 76.9 Å².